The van der Waals surface area contributed by atoms with E-state index in [1.807, 2.05) is 32.0 Å². The van der Waals surface area contributed by atoms with Crippen LogP contribution in [0.2, 0.25) is 0 Å². The molecule has 0 saturated carbocycles. The molecule has 5 nitrogen and oxygen atoms in total. The Morgan fingerprint density at radius 1 is 1.29 bits per heavy atom. The Labute approximate surface area is 137 Å². The SMILES string of the molecule is COc1cc(Br)cc(Nc2nnc(C)c(C)c2C(N)=S)c1. The predicted octanol–water partition coefficient (Wildman–Crippen LogP) is 3.24. The van der Waals surface area contributed by atoms with Crippen molar-refractivity contribution in [3.05, 3.63) is 39.5 Å². The maximum Gasteiger partial charge on any atom is 0.163 e. The van der Waals surface area contributed by atoms with E-state index in [1.165, 1.54) is 0 Å². The summed E-state index contributed by atoms with van der Waals surface area (Å²) in [5.74, 6) is 1.26. The third-order valence-electron chi connectivity index (χ3n) is 3.07. The highest BCUT2D eigenvalue weighted by atomic mass is 79.9. The highest BCUT2D eigenvalue weighted by Crippen LogP contribution is 2.28. The van der Waals surface area contributed by atoms with E-state index in [-0.39, 0.29) is 4.99 Å². The molecule has 7 heteroatoms. The summed E-state index contributed by atoms with van der Waals surface area (Å²) in [5, 5.41) is 11.5. The number of nitrogens with one attached hydrogen (secondary N) is 1. The van der Waals surface area contributed by atoms with Gasteiger partial charge in [-0.05, 0) is 31.5 Å². The summed E-state index contributed by atoms with van der Waals surface area (Å²) >= 11 is 8.56. The van der Waals surface area contributed by atoms with Crippen LogP contribution in [0.15, 0.2) is 22.7 Å². The fourth-order valence-corrected chi connectivity index (χ4v) is 2.61. The molecule has 0 aliphatic carbocycles. The second kappa shape index (κ2) is 6.36. The number of methoxy groups -OCH3 is 1. The van der Waals surface area contributed by atoms with E-state index >= 15 is 0 Å². The van der Waals surface area contributed by atoms with Crippen molar-refractivity contribution in [1.82, 2.24) is 10.2 Å². The van der Waals surface area contributed by atoms with Crippen molar-refractivity contribution in [2.75, 3.05) is 12.4 Å². The summed E-state index contributed by atoms with van der Waals surface area (Å²) in [6, 6.07) is 5.62. The molecule has 0 radical (unpaired) electrons. The summed E-state index contributed by atoms with van der Waals surface area (Å²) in [7, 11) is 1.61. The number of thiocarbonyl (C=S) groups is 1. The minimum absolute atomic E-state index is 0.287. The zero-order chi connectivity index (χ0) is 15.6. The van der Waals surface area contributed by atoms with Crippen LogP contribution >= 0.6 is 28.1 Å². The lowest BCUT2D eigenvalue weighted by Gasteiger charge is -2.14. The van der Waals surface area contributed by atoms with Crippen molar-refractivity contribution in [1.29, 1.82) is 0 Å². The van der Waals surface area contributed by atoms with Crippen molar-refractivity contribution in [3.8, 4) is 5.75 Å². The van der Waals surface area contributed by atoms with Crippen molar-refractivity contribution < 1.29 is 4.74 Å². The Bertz CT molecular complexity index is 706. The lowest BCUT2D eigenvalue weighted by atomic mass is 10.1. The molecular formula is C14H15BrN4OS. The van der Waals surface area contributed by atoms with Gasteiger partial charge in [0.25, 0.3) is 0 Å². The Morgan fingerprint density at radius 3 is 2.62 bits per heavy atom. The first-order valence-corrected chi connectivity index (χ1v) is 7.37. The van der Waals surface area contributed by atoms with Crippen LogP contribution in [0.4, 0.5) is 11.5 Å². The number of aryl methyl sites for hydroxylation is 1. The van der Waals surface area contributed by atoms with Gasteiger partial charge in [-0.15, -0.1) is 5.10 Å². The number of aromatic nitrogens is 2. The molecule has 0 amide bonds. The molecular weight excluding hydrogens is 352 g/mol. The summed E-state index contributed by atoms with van der Waals surface area (Å²) in [6.07, 6.45) is 0. The van der Waals surface area contributed by atoms with Crippen LogP contribution in [0.3, 0.4) is 0 Å². The number of nitrogens with zero attached hydrogens (tertiary/aromatic N) is 2. The topological polar surface area (TPSA) is 73.1 Å². The Kier molecular flexibility index (Phi) is 4.74. The smallest absolute Gasteiger partial charge is 0.163 e. The van der Waals surface area contributed by atoms with Gasteiger partial charge in [0.15, 0.2) is 5.82 Å². The molecule has 0 atom stereocenters. The minimum atomic E-state index is 0.287. The Morgan fingerprint density at radius 2 is 2.00 bits per heavy atom. The van der Waals surface area contributed by atoms with Gasteiger partial charge in [-0.2, -0.15) is 5.10 Å². The maximum absolute atomic E-state index is 5.81. The lowest BCUT2D eigenvalue weighted by Crippen LogP contribution is -2.16. The lowest BCUT2D eigenvalue weighted by molar-refractivity contribution is 0.415. The van der Waals surface area contributed by atoms with E-state index in [9.17, 15) is 0 Å². The number of rotatable bonds is 4. The van der Waals surface area contributed by atoms with Crippen LogP contribution < -0.4 is 15.8 Å². The molecule has 21 heavy (non-hydrogen) atoms. The molecule has 0 bridgehead atoms. The highest BCUT2D eigenvalue weighted by Gasteiger charge is 2.14. The van der Waals surface area contributed by atoms with E-state index in [0.717, 1.165) is 27.2 Å². The summed E-state index contributed by atoms with van der Waals surface area (Å²) < 4.78 is 6.12. The standard InChI is InChI=1S/C14H15BrN4OS/c1-7-8(2)18-19-14(12(7)13(16)21)17-10-4-9(15)5-11(6-10)20-3/h4-6H,1-3H3,(H2,16,21)(H,17,19). The number of halogens is 1. The van der Waals surface area contributed by atoms with Crippen LogP contribution in [0, 0.1) is 13.8 Å². The first-order valence-electron chi connectivity index (χ1n) is 6.17. The van der Waals surface area contributed by atoms with Gasteiger partial charge in [0.05, 0.1) is 18.4 Å². The first-order chi connectivity index (χ1) is 9.92. The molecule has 110 valence electrons. The third-order valence-corrected chi connectivity index (χ3v) is 3.73. The predicted molar refractivity (Wildman–Crippen MR) is 91.4 cm³/mol. The minimum Gasteiger partial charge on any atom is -0.497 e. The van der Waals surface area contributed by atoms with Crippen LogP contribution in [0.25, 0.3) is 0 Å². The molecule has 0 aliphatic heterocycles. The van der Waals surface area contributed by atoms with Gasteiger partial charge in [-0.25, -0.2) is 0 Å². The van der Waals surface area contributed by atoms with E-state index in [1.54, 1.807) is 7.11 Å². The zero-order valence-corrected chi connectivity index (χ0v) is 14.3. The van der Waals surface area contributed by atoms with Crippen molar-refractivity contribution in [2.45, 2.75) is 13.8 Å². The number of hydrogen-bond acceptors (Lipinski definition) is 5. The largest absolute Gasteiger partial charge is 0.497 e. The zero-order valence-electron chi connectivity index (χ0n) is 11.9. The third kappa shape index (κ3) is 3.48. The van der Waals surface area contributed by atoms with E-state index in [4.69, 9.17) is 22.7 Å². The summed E-state index contributed by atoms with van der Waals surface area (Å²) in [4.78, 5) is 0.287. The molecule has 2 rings (SSSR count). The maximum atomic E-state index is 5.81. The van der Waals surface area contributed by atoms with Gasteiger partial charge in [-0.3, -0.25) is 0 Å². The number of hydrogen-bond donors (Lipinski definition) is 2. The van der Waals surface area contributed by atoms with E-state index < -0.39 is 0 Å². The molecule has 1 aromatic heterocycles. The number of anilines is 2. The number of benzene rings is 1. The van der Waals surface area contributed by atoms with Crippen molar-refractivity contribution in [3.63, 3.8) is 0 Å². The van der Waals surface area contributed by atoms with Crippen LogP contribution in [-0.2, 0) is 0 Å². The second-order valence-corrected chi connectivity index (χ2v) is 5.86. The molecule has 1 aromatic carbocycles. The van der Waals surface area contributed by atoms with Gasteiger partial charge in [0, 0.05) is 16.2 Å². The fourth-order valence-electron chi connectivity index (χ4n) is 1.89. The molecule has 1 heterocycles. The average molecular weight is 367 g/mol. The molecule has 2 aromatic rings. The second-order valence-electron chi connectivity index (χ2n) is 4.50. The van der Waals surface area contributed by atoms with Crippen LogP contribution in [0.5, 0.6) is 5.75 Å². The Balaban J connectivity index is 2.47. The molecule has 0 unspecified atom stereocenters. The molecule has 0 fully saturated rings. The summed E-state index contributed by atoms with van der Waals surface area (Å²) in [6.45, 7) is 3.79. The van der Waals surface area contributed by atoms with E-state index in [0.29, 0.717) is 11.4 Å². The monoisotopic (exact) mass is 366 g/mol. The normalized spacial score (nSPS) is 10.3. The van der Waals surface area contributed by atoms with Crippen molar-refractivity contribution in [2.24, 2.45) is 5.73 Å². The average Bonchev–Trinajstić information content (AvgIpc) is 2.42. The van der Waals surface area contributed by atoms with Crippen LogP contribution in [0.1, 0.15) is 16.8 Å². The number of ether oxygens (including phenoxy) is 1. The molecule has 3 N–H and O–H groups in total. The van der Waals surface area contributed by atoms with Crippen molar-refractivity contribution >= 4 is 44.6 Å². The highest BCUT2D eigenvalue weighted by molar-refractivity contribution is 9.10. The molecule has 0 aliphatic rings. The van der Waals surface area contributed by atoms with Gasteiger partial charge in [0.2, 0.25) is 0 Å². The Hall–Kier alpha value is -1.73. The fraction of sp³-hybridized carbons (Fsp3) is 0.214. The van der Waals surface area contributed by atoms with E-state index in [2.05, 4.69) is 31.4 Å². The van der Waals surface area contributed by atoms with Gasteiger partial charge in [0.1, 0.15) is 10.7 Å². The molecule has 0 spiro atoms. The van der Waals surface area contributed by atoms with Gasteiger partial charge < -0.3 is 15.8 Å². The quantitative estimate of drug-likeness (QED) is 0.809. The molecule has 0 saturated heterocycles. The van der Waals surface area contributed by atoms with Gasteiger partial charge >= 0.3 is 0 Å². The first kappa shape index (κ1) is 15.7. The van der Waals surface area contributed by atoms with Crippen LogP contribution in [-0.4, -0.2) is 22.3 Å². The summed E-state index contributed by atoms with van der Waals surface area (Å²) in [5.41, 5.74) is 9.04. The van der Waals surface area contributed by atoms with Gasteiger partial charge in [-0.1, -0.05) is 28.1 Å². The number of nitrogens with two attached hydrogens (primary N) is 1.